The Morgan fingerprint density at radius 2 is 1.86 bits per heavy atom. The van der Waals surface area contributed by atoms with Crippen molar-refractivity contribution in [1.29, 1.82) is 0 Å². The van der Waals surface area contributed by atoms with Crippen LogP contribution in [0.4, 0.5) is 4.39 Å². The quantitative estimate of drug-likeness (QED) is 0.866. The highest BCUT2D eigenvalue weighted by Gasteiger charge is 2.51. The van der Waals surface area contributed by atoms with E-state index in [2.05, 4.69) is 14.9 Å². The van der Waals surface area contributed by atoms with Crippen molar-refractivity contribution in [1.82, 2.24) is 19.8 Å². The predicted octanol–water partition coefficient (Wildman–Crippen LogP) is 2.40. The average Bonchev–Trinajstić information content (AvgIpc) is 3.47. The number of likely N-dealkylation sites (tertiary alicyclic amines) is 1. The van der Waals surface area contributed by atoms with Crippen LogP contribution in [0.25, 0.3) is 0 Å². The Bertz CT molecular complexity index is 927. The topological polar surface area (TPSA) is 69.3 Å². The van der Waals surface area contributed by atoms with Gasteiger partial charge in [-0.25, -0.2) is 9.37 Å². The van der Waals surface area contributed by atoms with Crippen LogP contribution in [0, 0.1) is 11.7 Å². The highest BCUT2D eigenvalue weighted by Crippen LogP contribution is 2.45. The van der Waals surface area contributed by atoms with E-state index in [0.29, 0.717) is 32.5 Å². The summed E-state index contributed by atoms with van der Waals surface area (Å²) in [5, 5.41) is 0. The molecule has 0 bridgehead atoms. The number of hydrogen-bond donors (Lipinski definition) is 1. The molecule has 1 aliphatic carbocycles. The summed E-state index contributed by atoms with van der Waals surface area (Å²) in [6.07, 6.45) is 6.19. The Kier molecular flexibility index (Phi) is 4.41. The zero-order valence-corrected chi connectivity index (χ0v) is 16.4. The first-order valence-electron chi connectivity index (χ1n) is 10.4. The third-order valence-corrected chi connectivity index (χ3v) is 6.67. The number of H-pyrrole nitrogens is 1. The molecular formula is C22H25FN4O2. The second kappa shape index (κ2) is 6.97. The fraction of sp³-hybridized carbons (Fsp3) is 0.500. The summed E-state index contributed by atoms with van der Waals surface area (Å²) in [6.45, 7) is 1.91. The number of fused-ring (bicyclic) bond motifs is 2. The second-order valence-corrected chi connectivity index (χ2v) is 8.46. The standard InChI is InChI=1S/C22H25FN4O2/c23-17-5-1-15(2-6-17)13-19(28)26-11-8-22(9-12-26)20-18(24-14-25-20)7-10-27(22)21(29)16-3-4-16/h1-2,5-6,14,16H,3-4,7-13H2,(H,24,25). The molecule has 1 aromatic heterocycles. The van der Waals surface area contributed by atoms with Crippen molar-refractivity contribution in [3.8, 4) is 0 Å². The molecule has 2 fully saturated rings. The van der Waals surface area contributed by atoms with Gasteiger partial charge in [0, 0.05) is 37.7 Å². The summed E-state index contributed by atoms with van der Waals surface area (Å²) in [7, 11) is 0. The van der Waals surface area contributed by atoms with Crippen LogP contribution in [-0.4, -0.2) is 51.2 Å². The van der Waals surface area contributed by atoms with Gasteiger partial charge in [0.15, 0.2) is 0 Å². The number of imidazole rings is 1. The van der Waals surface area contributed by atoms with Crippen molar-refractivity contribution < 1.29 is 14.0 Å². The van der Waals surface area contributed by atoms with Crippen LogP contribution >= 0.6 is 0 Å². The third kappa shape index (κ3) is 3.22. The van der Waals surface area contributed by atoms with Crippen LogP contribution in [0.5, 0.6) is 0 Å². The minimum atomic E-state index is -0.403. The van der Waals surface area contributed by atoms with Crippen molar-refractivity contribution in [2.75, 3.05) is 19.6 Å². The van der Waals surface area contributed by atoms with Gasteiger partial charge in [-0.15, -0.1) is 0 Å². The molecule has 3 heterocycles. The van der Waals surface area contributed by atoms with E-state index in [0.717, 1.165) is 36.2 Å². The molecule has 29 heavy (non-hydrogen) atoms. The van der Waals surface area contributed by atoms with Crippen LogP contribution in [0.2, 0.25) is 0 Å². The normalized spacial score (nSPS) is 20.6. The maximum absolute atomic E-state index is 13.1. The number of rotatable bonds is 3. The van der Waals surface area contributed by atoms with Gasteiger partial charge in [0.25, 0.3) is 0 Å². The fourth-order valence-corrected chi connectivity index (χ4v) is 4.87. The van der Waals surface area contributed by atoms with E-state index < -0.39 is 5.54 Å². The van der Waals surface area contributed by atoms with Crippen LogP contribution in [-0.2, 0) is 28.0 Å². The second-order valence-electron chi connectivity index (χ2n) is 8.46. The van der Waals surface area contributed by atoms with Crippen LogP contribution in [0.15, 0.2) is 30.6 Å². The Labute approximate surface area is 169 Å². The maximum Gasteiger partial charge on any atom is 0.226 e. The summed E-state index contributed by atoms with van der Waals surface area (Å²) < 4.78 is 13.1. The van der Waals surface area contributed by atoms with Gasteiger partial charge in [-0.1, -0.05) is 12.1 Å². The van der Waals surface area contributed by atoms with Crippen LogP contribution in [0.3, 0.4) is 0 Å². The van der Waals surface area contributed by atoms with Crippen molar-refractivity contribution in [2.45, 2.75) is 44.1 Å². The van der Waals surface area contributed by atoms with Gasteiger partial charge >= 0.3 is 0 Å². The average molecular weight is 396 g/mol. The molecule has 6 nitrogen and oxygen atoms in total. The van der Waals surface area contributed by atoms with E-state index >= 15 is 0 Å². The zero-order chi connectivity index (χ0) is 20.0. The molecule has 0 unspecified atom stereocenters. The molecule has 1 saturated carbocycles. The van der Waals surface area contributed by atoms with Gasteiger partial charge in [0.1, 0.15) is 5.82 Å². The summed E-state index contributed by atoms with van der Waals surface area (Å²) in [4.78, 5) is 37.6. The van der Waals surface area contributed by atoms with Gasteiger partial charge in [0.2, 0.25) is 11.8 Å². The Morgan fingerprint density at radius 1 is 1.14 bits per heavy atom. The molecule has 1 N–H and O–H groups in total. The number of benzene rings is 1. The molecule has 1 spiro atoms. The van der Waals surface area contributed by atoms with E-state index in [1.165, 1.54) is 12.1 Å². The monoisotopic (exact) mass is 396 g/mol. The van der Waals surface area contributed by atoms with Gasteiger partial charge in [0.05, 0.1) is 24.0 Å². The van der Waals surface area contributed by atoms with Crippen molar-refractivity contribution in [3.05, 3.63) is 53.4 Å². The van der Waals surface area contributed by atoms with E-state index in [-0.39, 0.29) is 30.0 Å². The molecule has 0 atom stereocenters. The number of nitrogens with one attached hydrogen (secondary N) is 1. The fourth-order valence-electron chi connectivity index (χ4n) is 4.87. The molecule has 3 aliphatic rings. The molecular weight excluding hydrogens is 371 g/mol. The third-order valence-electron chi connectivity index (χ3n) is 6.67. The number of halogens is 1. The number of aromatic amines is 1. The minimum Gasteiger partial charge on any atom is -0.348 e. The smallest absolute Gasteiger partial charge is 0.226 e. The molecule has 2 aliphatic heterocycles. The summed E-state index contributed by atoms with van der Waals surface area (Å²) in [6, 6.07) is 6.09. The summed E-state index contributed by atoms with van der Waals surface area (Å²) in [5.74, 6) is 0.175. The lowest BCUT2D eigenvalue weighted by Crippen LogP contribution is -2.59. The van der Waals surface area contributed by atoms with E-state index in [4.69, 9.17) is 0 Å². The van der Waals surface area contributed by atoms with Crippen molar-refractivity contribution in [3.63, 3.8) is 0 Å². The first kappa shape index (κ1) is 18.3. The SMILES string of the molecule is O=C(Cc1ccc(F)cc1)N1CCC2(CC1)c1nc[nH]c1CCN2C(=O)C1CC1. The zero-order valence-electron chi connectivity index (χ0n) is 16.4. The van der Waals surface area contributed by atoms with Crippen LogP contribution in [0.1, 0.15) is 42.6 Å². The Morgan fingerprint density at radius 3 is 2.55 bits per heavy atom. The lowest BCUT2D eigenvalue weighted by Gasteiger charge is -2.50. The number of piperidine rings is 1. The number of carbonyl (C=O) groups is 2. The molecule has 1 aromatic carbocycles. The molecule has 2 aromatic rings. The van der Waals surface area contributed by atoms with Crippen LogP contribution < -0.4 is 0 Å². The first-order chi connectivity index (χ1) is 14.1. The Balaban J connectivity index is 1.33. The van der Waals surface area contributed by atoms with Gasteiger partial charge < -0.3 is 14.8 Å². The Hall–Kier alpha value is -2.70. The maximum atomic E-state index is 13.1. The van der Waals surface area contributed by atoms with E-state index in [9.17, 15) is 14.0 Å². The number of nitrogens with zero attached hydrogens (tertiary/aromatic N) is 3. The minimum absolute atomic E-state index is 0.0459. The first-order valence-corrected chi connectivity index (χ1v) is 10.4. The van der Waals surface area contributed by atoms with E-state index in [1.807, 2.05) is 4.90 Å². The predicted molar refractivity (Wildman–Crippen MR) is 104 cm³/mol. The summed E-state index contributed by atoms with van der Waals surface area (Å²) in [5.41, 5.74) is 2.52. The van der Waals surface area contributed by atoms with E-state index in [1.54, 1.807) is 18.5 Å². The lowest BCUT2D eigenvalue weighted by atomic mass is 9.78. The van der Waals surface area contributed by atoms with Gasteiger partial charge in [-0.05, 0) is 43.4 Å². The summed E-state index contributed by atoms with van der Waals surface area (Å²) >= 11 is 0. The lowest BCUT2D eigenvalue weighted by molar-refractivity contribution is -0.145. The van der Waals surface area contributed by atoms with Crippen molar-refractivity contribution >= 4 is 11.8 Å². The van der Waals surface area contributed by atoms with Gasteiger partial charge in [-0.3, -0.25) is 9.59 Å². The largest absolute Gasteiger partial charge is 0.348 e. The highest BCUT2D eigenvalue weighted by atomic mass is 19.1. The number of carbonyl (C=O) groups excluding carboxylic acids is 2. The number of hydrogen-bond acceptors (Lipinski definition) is 3. The highest BCUT2D eigenvalue weighted by molar-refractivity contribution is 5.82. The molecule has 7 heteroatoms. The molecule has 152 valence electrons. The number of aromatic nitrogens is 2. The molecule has 1 saturated heterocycles. The van der Waals surface area contributed by atoms with Gasteiger partial charge in [-0.2, -0.15) is 0 Å². The molecule has 0 radical (unpaired) electrons. The molecule has 5 rings (SSSR count). The molecule has 2 amide bonds. The number of amides is 2. The van der Waals surface area contributed by atoms with Crippen molar-refractivity contribution in [2.24, 2.45) is 5.92 Å².